The molecule has 1 heterocycles. The summed E-state index contributed by atoms with van der Waals surface area (Å²) in [6.07, 6.45) is 3.28. The Bertz CT molecular complexity index is 1030. The summed E-state index contributed by atoms with van der Waals surface area (Å²) in [6.45, 7) is 0. The third kappa shape index (κ3) is 3.75. The molecule has 132 valence electrons. The summed E-state index contributed by atoms with van der Waals surface area (Å²) >= 11 is 0. The van der Waals surface area contributed by atoms with Crippen LogP contribution in [0.1, 0.15) is 11.1 Å². The number of aromatic hydroxyl groups is 1. The standard InChI is InChI=1S/C23H16O4/c24-21-9-5-4-6-17(21)14-18-15-22(27-23(18)25)16-10-12-20(13-11-16)26-19-7-2-1-3-8-19/h1-15,24H/b18-14+. The average Bonchev–Trinajstić information content (AvgIpc) is 3.05. The van der Waals surface area contributed by atoms with Gasteiger partial charge in [-0.1, -0.05) is 36.4 Å². The molecular formula is C23H16O4. The Kier molecular flexibility index (Phi) is 4.45. The molecule has 1 aliphatic rings. The number of phenols is 1. The van der Waals surface area contributed by atoms with Gasteiger partial charge in [0.15, 0.2) is 0 Å². The van der Waals surface area contributed by atoms with E-state index in [1.807, 2.05) is 54.6 Å². The van der Waals surface area contributed by atoms with Crippen LogP contribution in [0, 0.1) is 0 Å². The van der Waals surface area contributed by atoms with Gasteiger partial charge in [-0.25, -0.2) is 4.79 Å². The largest absolute Gasteiger partial charge is 0.507 e. The van der Waals surface area contributed by atoms with Gasteiger partial charge in [0, 0.05) is 11.1 Å². The van der Waals surface area contributed by atoms with Crippen molar-refractivity contribution >= 4 is 17.8 Å². The van der Waals surface area contributed by atoms with Crippen LogP contribution in [0.2, 0.25) is 0 Å². The monoisotopic (exact) mass is 356 g/mol. The van der Waals surface area contributed by atoms with Gasteiger partial charge in [0.05, 0.1) is 5.57 Å². The van der Waals surface area contributed by atoms with E-state index in [0.29, 0.717) is 22.6 Å². The molecule has 4 heteroatoms. The SMILES string of the molecule is O=C1OC(c2ccc(Oc3ccccc3)cc2)=C/C1=C\c1ccccc1O. The van der Waals surface area contributed by atoms with Crippen molar-refractivity contribution in [1.82, 2.24) is 0 Å². The van der Waals surface area contributed by atoms with Crippen molar-refractivity contribution in [3.8, 4) is 17.2 Å². The van der Waals surface area contributed by atoms with Crippen LogP contribution >= 0.6 is 0 Å². The molecule has 0 fully saturated rings. The molecule has 0 aromatic heterocycles. The van der Waals surface area contributed by atoms with Crippen molar-refractivity contribution in [2.24, 2.45) is 0 Å². The molecule has 0 bridgehead atoms. The summed E-state index contributed by atoms with van der Waals surface area (Å²) in [5.41, 5.74) is 1.72. The summed E-state index contributed by atoms with van der Waals surface area (Å²) < 4.78 is 11.1. The second kappa shape index (κ2) is 7.22. The lowest BCUT2D eigenvalue weighted by Gasteiger charge is -2.06. The molecule has 3 aromatic carbocycles. The number of rotatable bonds is 4. The quantitative estimate of drug-likeness (QED) is 0.518. The van der Waals surface area contributed by atoms with E-state index in [9.17, 15) is 9.90 Å². The fourth-order valence-electron chi connectivity index (χ4n) is 2.72. The smallest absolute Gasteiger partial charge is 0.343 e. The molecule has 0 spiro atoms. The van der Waals surface area contributed by atoms with Gasteiger partial charge in [-0.05, 0) is 54.6 Å². The molecule has 0 saturated carbocycles. The molecular weight excluding hydrogens is 340 g/mol. The molecule has 0 saturated heterocycles. The lowest BCUT2D eigenvalue weighted by Crippen LogP contribution is -1.97. The molecule has 0 unspecified atom stereocenters. The van der Waals surface area contributed by atoms with Gasteiger partial charge in [0.2, 0.25) is 0 Å². The highest BCUT2D eigenvalue weighted by molar-refractivity contribution is 6.05. The van der Waals surface area contributed by atoms with Crippen molar-refractivity contribution in [2.75, 3.05) is 0 Å². The van der Waals surface area contributed by atoms with Crippen LogP contribution in [-0.4, -0.2) is 11.1 Å². The Labute approximate surface area is 156 Å². The molecule has 1 N–H and O–H groups in total. The van der Waals surface area contributed by atoms with Crippen molar-refractivity contribution in [3.05, 3.63) is 102 Å². The minimum atomic E-state index is -0.446. The van der Waals surface area contributed by atoms with Gasteiger partial charge >= 0.3 is 5.97 Å². The number of hydrogen-bond donors (Lipinski definition) is 1. The van der Waals surface area contributed by atoms with E-state index in [-0.39, 0.29) is 5.75 Å². The summed E-state index contributed by atoms with van der Waals surface area (Å²) in [4.78, 5) is 12.1. The second-order valence-corrected chi connectivity index (χ2v) is 6.00. The number of hydrogen-bond acceptors (Lipinski definition) is 4. The fraction of sp³-hybridized carbons (Fsp3) is 0. The summed E-state index contributed by atoms with van der Waals surface area (Å²) in [6, 6.07) is 23.6. The van der Waals surface area contributed by atoms with E-state index in [4.69, 9.17) is 9.47 Å². The Balaban J connectivity index is 1.55. The first-order valence-electron chi connectivity index (χ1n) is 8.46. The lowest BCUT2D eigenvalue weighted by atomic mass is 10.1. The fourth-order valence-corrected chi connectivity index (χ4v) is 2.72. The zero-order valence-electron chi connectivity index (χ0n) is 14.3. The third-order valence-electron chi connectivity index (χ3n) is 4.09. The van der Waals surface area contributed by atoms with Crippen LogP contribution in [0.15, 0.2) is 90.5 Å². The number of para-hydroxylation sites is 2. The number of carbonyl (C=O) groups is 1. The summed E-state index contributed by atoms with van der Waals surface area (Å²) in [5, 5.41) is 9.86. The van der Waals surface area contributed by atoms with Crippen LogP contribution in [0.4, 0.5) is 0 Å². The van der Waals surface area contributed by atoms with Gasteiger partial charge < -0.3 is 14.6 Å². The maximum Gasteiger partial charge on any atom is 0.343 e. The van der Waals surface area contributed by atoms with E-state index in [1.54, 1.807) is 36.4 Å². The van der Waals surface area contributed by atoms with Gasteiger partial charge in [-0.15, -0.1) is 0 Å². The van der Waals surface area contributed by atoms with Crippen molar-refractivity contribution in [3.63, 3.8) is 0 Å². The average molecular weight is 356 g/mol. The molecule has 0 aliphatic carbocycles. The van der Waals surface area contributed by atoms with Crippen LogP contribution < -0.4 is 4.74 Å². The second-order valence-electron chi connectivity index (χ2n) is 6.00. The van der Waals surface area contributed by atoms with Crippen LogP contribution in [0.25, 0.3) is 11.8 Å². The Morgan fingerprint density at radius 2 is 1.48 bits per heavy atom. The maximum atomic E-state index is 12.1. The van der Waals surface area contributed by atoms with Crippen molar-refractivity contribution in [2.45, 2.75) is 0 Å². The molecule has 4 nitrogen and oxygen atoms in total. The van der Waals surface area contributed by atoms with E-state index in [1.165, 1.54) is 0 Å². The molecule has 3 aromatic rings. The Hall–Kier alpha value is -3.79. The number of carbonyl (C=O) groups excluding carboxylic acids is 1. The number of cyclic esters (lactones) is 1. The van der Waals surface area contributed by atoms with E-state index >= 15 is 0 Å². The number of esters is 1. The third-order valence-corrected chi connectivity index (χ3v) is 4.09. The Morgan fingerprint density at radius 1 is 0.815 bits per heavy atom. The van der Waals surface area contributed by atoms with Gasteiger partial charge in [0.25, 0.3) is 0 Å². The first-order valence-corrected chi connectivity index (χ1v) is 8.46. The predicted molar refractivity (Wildman–Crippen MR) is 103 cm³/mol. The predicted octanol–water partition coefficient (Wildman–Crippen LogP) is 5.17. The van der Waals surface area contributed by atoms with E-state index < -0.39 is 5.97 Å². The molecule has 0 atom stereocenters. The van der Waals surface area contributed by atoms with Gasteiger partial charge in [-0.2, -0.15) is 0 Å². The van der Waals surface area contributed by atoms with Gasteiger partial charge in [0.1, 0.15) is 23.0 Å². The minimum Gasteiger partial charge on any atom is -0.507 e. The number of phenolic OH excluding ortho intramolecular Hbond substituents is 1. The Morgan fingerprint density at radius 3 is 2.22 bits per heavy atom. The molecule has 0 amide bonds. The highest BCUT2D eigenvalue weighted by Crippen LogP contribution is 2.30. The van der Waals surface area contributed by atoms with Crippen molar-refractivity contribution < 1.29 is 19.4 Å². The zero-order chi connectivity index (χ0) is 18.6. The summed E-state index contributed by atoms with van der Waals surface area (Å²) in [5.74, 6) is 1.58. The van der Waals surface area contributed by atoms with Crippen LogP contribution in [-0.2, 0) is 9.53 Å². The topological polar surface area (TPSA) is 55.8 Å². The highest BCUT2D eigenvalue weighted by atomic mass is 16.5. The van der Waals surface area contributed by atoms with Crippen LogP contribution in [0.3, 0.4) is 0 Å². The maximum absolute atomic E-state index is 12.1. The lowest BCUT2D eigenvalue weighted by molar-refractivity contribution is -0.130. The summed E-state index contributed by atoms with van der Waals surface area (Å²) in [7, 11) is 0. The molecule has 1 aliphatic heterocycles. The minimum absolute atomic E-state index is 0.113. The van der Waals surface area contributed by atoms with Gasteiger partial charge in [-0.3, -0.25) is 0 Å². The molecule has 27 heavy (non-hydrogen) atoms. The van der Waals surface area contributed by atoms with Crippen molar-refractivity contribution in [1.29, 1.82) is 0 Å². The van der Waals surface area contributed by atoms with Crippen LogP contribution in [0.5, 0.6) is 17.2 Å². The normalized spacial score (nSPS) is 14.7. The van der Waals surface area contributed by atoms with E-state index in [2.05, 4.69) is 0 Å². The molecule has 0 radical (unpaired) electrons. The van der Waals surface area contributed by atoms with E-state index in [0.717, 1.165) is 11.3 Å². The number of ether oxygens (including phenoxy) is 2. The zero-order valence-corrected chi connectivity index (χ0v) is 14.3. The molecule has 4 rings (SSSR count). The first-order chi connectivity index (χ1) is 13.2. The number of benzene rings is 3. The first kappa shape index (κ1) is 16.7. The highest BCUT2D eigenvalue weighted by Gasteiger charge is 2.22.